The van der Waals surface area contributed by atoms with Gasteiger partial charge in [-0.1, -0.05) is 37.3 Å². The summed E-state index contributed by atoms with van der Waals surface area (Å²) in [6, 6.07) is 10.4. The second-order valence-electron chi connectivity index (χ2n) is 5.68. The van der Waals surface area contributed by atoms with Crippen LogP contribution in [0.5, 0.6) is 0 Å². The summed E-state index contributed by atoms with van der Waals surface area (Å²) in [7, 11) is 0. The van der Waals surface area contributed by atoms with E-state index in [9.17, 15) is 4.79 Å². The molecule has 0 saturated heterocycles. The minimum absolute atomic E-state index is 0.318. The maximum atomic E-state index is 12.2. The van der Waals surface area contributed by atoms with Crippen molar-refractivity contribution in [3.63, 3.8) is 0 Å². The van der Waals surface area contributed by atoms with Crippen LogP contribution in [0.15, 0.2) is 36.5 Å². The van der Waals surface area contributed by atoms with Gasteiger partial charge in [-0.2, -0.15) is 0 Å². The predicted molar refractivity (Wildman–Crippen MR) is 76.5 cm³/mol. The van der Waals surface area contributed by atoms with Crippen molar-refractivity contribution in [2.45, 2.75) is 33.2 Å². The van der Waals surface area contributed by atoms with Gasteiger partial charge in [0.1, 0.15) is 0 Å². The van der Waals surface area contributed by atoms with E-state index < -0.39 is 0 Å². The van der Waals surface area contributed by atoms with E-state index in [1.54, 1.807) is 0 Å². The van der Waals surface area contributed by atoms with Crippen LogP contribution in [0.4, 0.5) is 0 Å². The van der Waals surface area contributed by atoms with Gasteiger partial charge in [0.2, 0.25) is 0 Å². The quantitative estimate of drug-likeness (QED) is 0.801. The molecule has 0 spiro atoms. The monoisotopic (exact) mass is 253 g/mol. The molecule has 0 N–H and O–H groups in total. The van der Waals surface area contributed by atoms with Crippen molar-refractivity contribution < 1.29 is 4.79 Å². The number of nitrogens with zero attached hydrogens (tertiary/aromatic N) is 1. The van der Waals surface area contributed by atoms with Gasteiger partial charge in [0, 0.05) is 30.4 Å². The normalized spacial score (nSPS) is 18.4. The highest BCUT2D eigenvalue weighted by atomic mass is 16.1. The fourth-order valence-corrected chi connectivity index (χ4v) is 3.09. The van der Waals surface area contributed by atoms with E-state index in [0.717, 1.165) is 24.1 Å². The molecule has 0 saturated carbocycles. The average molecular weight is 253 g/mol. The molecule has 1 aliphatic rings. The van der Waals surface area contributed by atoms with Crippen LogP contribution < -0.4 is 0 Å². The molecule has 1 aromatic heterocycles. The smallest absolute Gasteiger partial charge is 0.165 e. The van der Waals surface area contributed by atoms with Crippen LogP contribution in [-0.2, 0) is 13.0 Å². The van der Waals surface area contributed by atoms with Gasteiger partial charge >= 0.3 is 0 Å². The van der Waals surface area contributed by atoms with Gasteiger partial charge in [-0.05, 0) is 30.4 Å². The lowest BCUT2D eigenvalue weighted by atomic mass is 9.87. The molecule has 1 aliphatic carbocycles. The molecule has 0 radical (unpaired) electrons. The van der Waals surface area contributed by atoms with E-state index in [2.05, 4.69) is 42.0 Å². The Hall–Kier alpha value is -1.83. The molecule has 0 aliphatic heterocycles. The molecular formula is C17H19NO. The number of Topliss-reactive ketones (excluding diaryl/α,β-unsaturated/α-hetero) is 1. The van der Waals surface area contributed by atoms with Gasteiger partial charge in [0.05, 0.1) is 0 Å². The molecule has 1 atom stereocenters. The third-order valence-electron chi connectivity index (χ3n) is 3.93. The summed E-state index contributed by atoms with van der Waals surface area (Å²) < 4.78 is 2.26. The zero-order valence-corrected chi connectivity index (χ0v) is 11.5. The van der Waals surface area contributed by atoms with Crippen LogP contribution in [0.1, 0.15) is 40.5 Å². The fourth-order valence-electron chi connectivity index (χ4n) is 3.09. The first-order valence-corrected chi connectivity index (χ1v) is 6.91. The van der Waals surface area contributed by atoms with Crippen LogP contribution in [0.3, 0.4) is 0 Å². The van der Waals surface area contributed by atoms with Crippen LogP contribution in [-0.4, -0.2) is 10.4 Å². The maximum Gasteiger partial charge on any atom is 0.165 e. The molecule has 0 amide bonds. The second kappa shape index (κ2) is 4.69. The zero-order valence-electron chi connectivity index (χ0n) is 11.5. The fraction of sp³-hybridized carbons (Fsp3) is 0.353. The Bertz CT molecular complexity index is 610. The highest BCUT2D eigenvalue weighted by Gasteiger charge is 2.27. The van der Waals surface area contributed by atoms with Crippen molar-refractivity contribution in [1.29, 1.82) is 0 Å². The summed E-state index contributed by atoms with van der Waals surface area (Å²) in [5.41, 5.74) is 4.62. The Morgan fingerprint density at radius 3 is 2.68 bits per heavy atom. The zero-order chi connectivity index (χ0) is 13.4. The molecule has 0 fully saturated rings. The number of aryl methyl sites for hydroxylation is 1. The highest BCUT2D eigenvalue weighted by molar-refractivity contribution is 5.99. The third-order valence-corrected chi connectivity index (χ3v) is 3.93. The van der Waals surface area contributed by atoms with E-state index in [0.29, 0.717) is 18.1 Å². The average Bonchev–Trinajstić information content (AvgIpc) is 2.67. The summed E-state index contributed by atoms with van der Waals surface area (Å²) in [6.07, 6.45) is 3.85. The van der Waals surface area contributed by atoms with Gasteiger partial charge in [-0.25, -0.2) is 0 Å². The predicted octanol–water partition coefficient (Wildman–Crippen LogP) is 3.61. The summed E-state index contributed by atoms with van der Waals surface area (Å²) in [4.78, 5) is 12.2. The number of hydrogen-bond acceptors (Lipinski definition) is 1. The number of carbonyl (C=O) groups excluding carboxylic acids is 1. The Balaban J connectivity index is 2.00. The molecule has 0 bridgehead atoms. The summed E-state index contributed by atoms with van der Waals surface area (Å²) in [6.45, 7) is 5.07. The van der Waals surface area contributed by atoms with Gasteiger partial charge in [-0.3, -0.25) is 4.79 Å². The molecule has 3 rings (SSSR count). The standard InChI is InChI=1S/C17H19NO/c1-12-8-15-17(16(19)9-12)13(2)10-18(15)11-14-6-4-3-5-7-14/h3-7,10,12H,8-9,11H2,1-2H3. The largest absolute Gasteiger partial charge is 0.346 e. The SMILES string of the molecule is Cc1cn(Cc2ccccc2)c2c1C(=O)CC(C)C2. The minimum Gasteiger partial charge on any atom is -0.346 e. The lowest BCUT2D eigenvalue weighted by Crippen LogP contribution is -2.20. The van der Waals surface area contributed by atoms with E-state index in [1.807, 2.05) is 13.0 Å². The first-order chi connectivity index (χ1) is 9.15. The minimum atomic E-state index is 0.318. The van der Waals surface area contributed by atoms with Crippen molar-refractivity contribution in [1.82, 2.24) is 4.57 Å². The van der Waals surface area contributed by atoms with Crippen LogP contribution in [0, 0.1) is 12.8 Å². The molecule has 1 unspecified atom stereocenters. The molecule has 98 valence electrons. The number of benzene rings is 1. The van der Waals surface area contributed by atoms with Gasteiger partial charge in [0.25, 0.3) is 0 Å². The molecule has 1 heterocycles. The van der Waals surface area contributed by atoms with Crippen molar-refractivity contribution in [2.24, 2.45) is 5.92 Å². The number of carbonyl (C=O) groups is 1. The Morgan fingerprint density at radius 2 is 1.95 bits per heavy atom. The van der Waals surface area contributed by atoms with E-state index in [1.165, 1.54) is 11.3 Å². The van der Waals surface area contributed by atoms with E-state index in [-0.39, 0.29) is 0 Å². The van der Waals surface area contributed by atoms with E-state index >= 15 is 0 Å². The van der Waals surface area contributed by atoms with Crippen LogP contribution in [0.25, 0.3) is 0 Å². The lowest BCUT2D eigenvalue weighted by molar-refractivity contribution is 0.0951. The topological polar surface area (TPSA) is 22.0 Å². The second-order valence-corrected chi connectivity index (χ2v) is 5.68. The van der Waals surface area contributed by atoms with Gasteiger partial charge in [0.15, 0.2) is 5.78 Å². The van der Waals surface area contributed by atoms with Crippen molar-refractivity contribution >= 4 is 5.78 Å². The first-order valence-electron chi connectivity index (χ1n) is 6.91. The molecule has 2 nitrogen and oxygen atoms in total. The van der Waals surface area contributed by atoms with Gasteiger partial charge < -0.3 is 4.57 Å². The summed E-state index contributed by atoms with van der Waals surface area (Å²) in [5, 5.41) is 0. The third kappa shape index (κ3) is 2.23. The van der Waals surface area contributed by atoms with Crippen LogP contribution in [0.2, 0.25) is 0 Å². The summed E-state index contributed by atoms with van der Waals surface area (Å²) >= 11 is 0. The Kier molecular flexibility index (Phi) is 3.02. The molecule has 2 aromatic rings. The van der Waals surface area contributed by atoms with E-state index in [4.69, 9.17) is 0 Å². The molecule has 19 heavy (non-hydrogen) atoms. The molecule has 2 heteroatoms. The van der Waals surface area contributed by atoms with Gasteiger partial charge in [-0.15, -0.1) is 0 Å². The number of aromatic nitrogens is 1. The number of ketones is 1. The Morgan fingerprint density at radius 1 is 1.21 bits per heavy atom. The lowest BCUT2D eigenvalue weighted by Gasteiger charge is -2.20. The van der Waals surface area contributed by atoms with Crippen molar-refractivity contribution in [3.05, 3.63) is 58.9 Å². The maximum absolute atomic E-state index is 12.2. The van der Waals surface area contributed by atoms with Crippen molar-refractivity contribution in [3.8, 4) is 0 Å². The Labute approximate surface area is 114 Å². The first kappa shape index (κ1) is 12.2. The highest BCUT2D eigenvalue weighted by Crippen LogP contribution is 2.29. The number of hydrogen-bond donors (Lipinski definition) is 0. The number of rotatable bonds is 2. The molecular weight excluding hydrogens is 234 g/mol. The number of fused-ring (bicyclic) bond motifs is 1. The summed E-state index contributed by atoms with van der Waals surface area (Å²) in [5.74, 6) is 0.780. The van der Waals surface area contributed by atoms with Crippen molar-refractivity contribution in [2.75, 3.05) is 0 Å². The van der Waals surface area contributed by atoms with Crippen LogP contribution >= 0.6 is 0 Å². The molecule has 1 aromatic carbocycles.